The van der Waals surface area contributed by atoms with Crippen molar-refractivity contribution in [3.8, 4) is 16.9 Å². The fourth-order valence-electron chi connectivity index (χ4n) is 2.18. The van der Waals surface area contributed by atoms with E-state index in [2.05, 4.69) is 9.82 Å². The number of nitrogens with zero attached hydrogens (tertiary/aromatic N) is 3. The molecule has 1 aliphatic rings. The van der Waals surface area contributed by atoms with Gasteiger partial charge in [0.1, 0.15) is 18.0 Å². The molecule has 0 spiro atoms. The number of benzene rings is 1. The molecule has 0 saturated carbocycles. The van der Waals surface area contributed by atoms with Crippen LogP contribution in [0.3, 0.4) is 0 Å². The molecule has 22 heavy (non-hydrogen) atoms. The molecular formula is C12H10F2N4O3S. The molecule has 3 rings (SSSR count). The van der Waals surface area contributed by atoms with Crippen LogP contribution in [0.25, 0.3) is 11.1 Å². The number of aromatic hydroxyl groups is 1. The van der Waals surface area contributed by atoms with Crippen LogP contribution >= 0.6 is 0 Å². The summed E-state index contributed by atoms with van der Waals surface area (Å²) in [5.41, 5.74) is -0.697. The van der Waals surface area contributed by atoms with Gasteiger partial charge in [0, 0.05) is 18.8 Å². The third-order valence-electron chi connectivity index (χ3n) is 3.11. The Kier molecular flexibility index (Phi) is 3.32. The summed E-state index contributed by atoms with van der Waals surface area (Å²) >= 11 is -2.01. The van der Waals surface area contributed by atoms with Crippen LogP contribution in [0.1, 0.15) is 0 Å². The Bertz CT molecular complexity index is 808. The summed E-state index contributed by atoms with van der Waals surface area (Å²) in [6.07, 6.45) is 1.28. The highest BCUT2D eigenvalue weighted by molar-refractivity contribution is 7.85. The molecule has 1 aromatic heterocycles. The Morgan fingerprint density at radius 2 is 2.09 bits per heavy atom. The molecule has 0 radical (unpaired) electrons. The highest BCUT2D eigenvalue weighted by Crippen LogP contribution is 2.38. The third-order valence-corrected chi connectivity index (χ3v) is 4.22. The van der Waals surface area contributed by atoms with Gasteiger partial charge in [0.15, 0.2) is 5.82 Å². The van der Waals surface area contributed by atoms with Crippen LogP contribution in [0.15, 0.2) is 18.3 Å². The second-order valence-electron chi connectivity index (χ2n) is 4.61. The lowest BCUT2D eigenvalue weighted by molar-refractivity contribution is -0.117. The molecule has 1 amide bonds. The average Bonchev–Trinajstić information content (AvgIpc) is 2.92. The number of phenolic OH excluding ortho intramolecular Hbond substituents is 1. The number of carbonyl (C=O) groups excluding carboxylic acids is 1. The number of halogens is 2. The minimum atomic E-state index is -2.01. The van der Waals surface area contributed by atoms with E-state index in [4.69, 9.17) is 0 Å². The smallest absolute Gasteiger partial charge is 0.253 e. The molecule has 116 valence electrons. The molecule has 0 bridgehead atoms. The first-order valence-corrected chi connectivity index (χ1v) is 7.19. The minimum Gasteiger partial charge on any atom is -0.506 e. The predicted octanol–water partition coefficient (Wildman–Crippen LogP) is 0.586. The van der Waals surface area contributed by atoms with Gasteiger partial charge >= 0.3 is 0 Å². The van der Waals surface area contributed by atoms with E-state index in [0.717, 1.165) is 10.4 Å². The van der Waals surface area contributed by atoms with Gasteiger partial charge in [-0.1, -0.05) is 0 Å². The normalized spacial score (nSPS) is 17.9. The fourth-order valence-corrected chi connectivity index (χ4v) is 3.12. The first-order chi connectivity index (χ1) is 10.4. The van der Waals surface area contributed by atoms with Crippen LogP contribution in [0, 0.1) is 11.8 Å². The van der Waals surface area contributed by atoms with Crippen LogP contribution in [-0.4, -0.2) is 31.5 Å². The third kappa shape index (κ3) is 2.21. The zero-order valence-electron chi connectivity index (χ0n) is 11.2. The number of aryl methyl sites for hydroxylation is 1. The maximum atomic E-state index is 14.7. The van der Waals surface area contributed by atoms with Crippen molar-refractivity contribution in [3.05, 3.63) is 30.1 Å². The van der Waals surface area contributed by atoms with E-state index in [-0.39, 0.29) is 17.7 Å². The summed E-state index contributed by atoms with van der Waals surface area (Å²) in [5.74, 6) is -2.95. The van der Waals surface area contributed by atoms with Gasteiger partial charge in [0.2, 0.25) is 17.1 Å². The molecule has 1 fully saturated rings. The van der Waals surface area contributed by atoms with E-state index in [1.165, 1.54) is 24.0 Å². The largest absolute Gasteiger partial charge is 0.506 e. The number of hydrogen-bond acceptors (Lipinski definition) is 4. The van der Waals surface area contributed by atoms with Crippen molar-refractivity contribution < 1.29 is 22.9 Å². The predicted molar refractivity (Wildman–Crippen MR) is 73.9 cm³/mol. The summed E-state index contributed by atoms with van der Waals surface area (Å²) in [6.45, 7) is -0.379. The Morgan fingerprint density at radius 3 is 2.64 bits per heavy atom. The highest BCUT2D eigenvalue weighted by Gasteiger charge is 2.32. The zero-order chi connectivity index (χ0) is 16.0. The minimum absolute atomic E-state index is 0.106. The van der Waals surface area contributed by atoms with Gasteiger partial charge in [-0.15, -0.1) is 5.10 Å². The number of phenols is 1. The maximum Gasteiger partial charge on any atom is 0.253 e. The fraction of sp³-hybridized carbons (Fsp3) is 0.167. The molecular weight excluding hydrogens is 318 g/mol. The molecule has 1 aromatic carbocycles. The van der Waals surface area contributed by atoms with Crippen molar-refractivity contribution in [2.24, 2.45) is 7.05 Å². The lowest BCUT2D eigenvalue weighted by Crippen LogP contribution is -2.23. The lowest BCUT2D eigenvalue weighted by atomic mass is 10.1. The monoisotopic (exact) mass is 328 g/mol. The van der Waals surface area contributed by atoms with Crippen LogP contribution in [0.2, 0.25) is 0 Å². The number of carbonyl (C=O) groups is 1. The van der Waals surface area contributed by atoms with E-state index >= 15 is 0 Å². The van der Waals surface area contributed by atoms with E-state index in [1.54, 1.807) is 0 Å². The molecule has 1 unspecified atom stereocenters. The first-order valence-electron chi connectivity index (χ1n) is 6.08. The number of anilines is 1. The van der Waals surface area contributed by atoms with Crippen molar-refractivity contribution in [3.63, 3.8) is 0 Å². The SMILES string of the molecule is Cn1cc(-c2ccc(O)c(N3CC(=O)NS3=O)c2F)c(F)n1. The molecule has 7 nitrogen and oxygen atoms in total. The van der Waals surface area contributed by atoms with Crippen LogP contribution in [0.4, 0.5) is 14.5 Å². The number of aromatic nitrogens is 2. The molecule has 1 saturated heterocycles. The van der Waals surface area contributed by atoms with Gasteiger partial charge in [-0.25, -0.2) is 8.60 Å². The van der Waals surface area contributed by atoms with Gasteiger partial charge < -0.3 is 5.11 Å². The first kappa shape index (κ1) is 14.4. The van der Waals surface area contributed by atoms with Crippen molar-refractivity contribution in [1.82, 2.24) is 14.5 Å². The summed E-state index contributed by atoms with van der Waals surface area (Å²) < 4.78 is 44.3. The van der Waals surface area contributed by atoms with Crippen LogP contribution in [0.5, 0.6) is 5.75 Å². The molecule has 2 aromatic rings. The highest BCUT2D eigenvalue weighted by atomic mass is 32.2. The standard InChI is InChI=1S/C12H10F2N4O3S/c1-17-4-7(12(14)15-17)6-2-3-8(19)11(10(6)13)18-5-9(20)16-22(18)21/h2-4,19H,5H2,1H3,(H,16,20). The molecule has 1 aliphatic heterocycles. The van der Waals surface area contributed by atoms with Gasteiger partial charge in [0.05, 0.1) is 5.56 Å². The summed E-state index contributed by atoms with van der Waals surface area (Å²) in [6, 6.07) is 2.32. The molecule has 0 aliphatic carbocycles. The number of hydrogen-bond donors (Lipinski definition) is 2. The summed E-state index contributed by atoms with van der Waals surface area (Å²) in [4.78, 5) is 11.2. The van der Waals surface area contributed by atoms with Crippen molar-refractivity contribution >= 4 is 22.8 Å². The lowest BCUT2D eigenvalue weighted by Gasteiger charge is -2.17. The molecule has 2 heterocycles. The van der Waals surface area contributed by atoms with Crippen LogP contribution < -0.4 is 9.03 Å². The summed E-state index contributed by atoms with van der Waals surface area (Å²) in [5, 5.41) is 13.3. The zero-order valence-corrected chi connectivity index (χ0v) is 12.0. The second kappa shape index (κ2) is 5.05. The number of nitrogens with one attached hydrogen (secondary N) is 1. The Morgan fingerprint density at radius 1 is 1.36 bits per heavy atom. The number of rotatable bonds is 2. The quantitative estimate of drug-likeness (QED) is 0.844. The van der Waals surface area contributed by atoms with Gasteiger partial charge in [-0.05, 0) is 12.1 Å². The van der Waals surface area contributed by atoms with Crippen LogP contribution in [-0.2, 0) is 23.0 Å². The van der Waals surface area contributed by atoms with E-state index in [1.807, 2.05) is 0 Å². The molecule has 2 N–H and O–H groups in total. The average molecular weight is 328 g/mol. The van der Waals surface area contributed by atoms with Gasteiger partial charge in [-0.3, -0.25) is 18.5 Å². The topological polar surface area (TPSA) is 87.5 Å². The second-order valence-corrected chi connectivity index (χ2v) is 5.76. The van der Waals surface area contributed by atoms with Crippen molar-refractivity contribution in [1.29, 1.82) is 0 Å². The molecule has 1 atom stereocenters. The maximum absolute atomic E-state index is 14.7. The van der Waals surface area contributed by atoms with Crippen molar-refractivity contribution in [2.45, 2.75) is 0 Å². The van der Waals surface area contributed by atoms with Crippen molar-refractivity contribution in [2.75, 3.05) is 10.8 Å². The molecule has 10 heteroatoms. The Labute approximate surface area is 125 Å². The van der Waals surface area contributed by atoms with E-state index in [0.29, 0.717) is 0 Å². The Balaban J connectivity index is 2.16. The van der Waals surface area contributed by atoms with E-state index < -0.39 is 40.3 Å². The van der Waals surface area contributed by atoms with Gasteiger partial charge in [-0.2, -0.15) is 4.39 Å². The van der Waals surface area contributed by atoms with Gasteiger partial charge in [0.25, 0.3) is 5.91 Å². The van der Waals surface area contributed by atoms with E-state index in [9.17, 15) is 22.9 Å². The Hall–Kier alpha value is -2.49. The summed E-state index contributed by atoms with van der Waals surface area (Å²) in [7, 11) is 1.48. The number of amides is 1.